The van der Waals surface area contributed by atoms with Crippen molar-refractivity contribution in [2.45, 2.75) is 38.0 Å². The number of esters is 2. The van der Waals surface area contributed by atoms with Gasteiger partial charge in [0.2, 0.25) is 23.6 Å². The van der Waals surface area contributed by atoms with Crippen LogP contribution in [-0.2, 0) is 51.3 Å². The summed E-state index contributed by atoms with van der Waals surface area (Å²) in [5.74, 6) is -3.17. The van der Waals surface area contributed by atoms with Crippen molar-refractivity contribution in [2.24, 2.45) is 0 Å². The van der Waals surface area contributed by atoms with Gasteiger partial charge in [0.15, 0.2) is 0 Å². The summed E-state index contributed by atoms with van der Waals surface area (Å²) in [4.78, 5) is 79.7. The number of carbonyl (C=O) groups excluding carboxylic acids is 6. The summed E-state index contributed by atoms with van der Waals surface area (Å²) in [7, 11) is 5.30. The highest BCUT2D eigenvalue weighted by Gasteiger charge is 2.48. The molecule has 2 atom stereocenters. The number of amides is 4. The van der Waals surface area contributed by atoms with Crippen molar-refractivity contribution in [1.82, 2.24) is 20.4 Å². The Bertz CT molecular complexity index is 1240. The van der Waals surface area contributed by atoms with E-state index in [2.05, 4.69) is 10.6 Å². The lowest BCUT2D eigenvalue weighted by molar-refractivity contribution is -0.169. The maximum Gasteiger partial charge on any atom is 0.308 e. The predicted molar refractivity (Wildman–Crippen MR) is 154 cm³/mol. The van der Waals surface area contributed by atoms with Crippen LogP contribution in [0, 0.1) is 0 Å². The number of nitrogens with zero attached hydrogens (tertiary/aromatic N) is 2. The van der Waals surface area contributed by atoms with Crippen LogP contribution in [0.3, 0.4) is 0 Å². The van der Waals surface area contributed by atoms with Gasteiger partial charge in [0.1, 0.15) is 36.7 Å². The molecule has 1 saturated heterocycles. The second kappa shape index (κ2) is 15.9. The fraction of sp³-hybridized carbons (Fsp3) is 0.400. The molecule has 14 heteroatoms. The molecule has 2 N–H and O–H groups in total. The van der Waals surface area contributed by atoms with Gasteiger partial charge in [-0.2, -0.15) is 0 Å². The topological polar surface area (TPSA) is 170 Å². The molecule has 44 heavy (non-hydrogen) atoms. The number of hydrogen-bond donors (Lipinski definition) is 2. The number of nitrogens with one attached hydrogen (secondary N) is 2. The fourth-order valence-electron chi connectivity index (χ4n) is 4.52. The number of methoxy groups -OCH3 is 4. The predicted octanol–water partition coefficient (Wildman–Crippen LogP) is 0.171. The molecule has 236 valence electrons. The summed E-state index contributed by atoms with van der Waals surface area (Å²) in [5.41, 5.74) is 1.50. The zero-order chi connectivity index (χ0) is 32.2. The summed E-state index contributed by atoms with van der Waals surface area (Å²) < 4.78 is 19.7. The van der Waals surface area contributed by atoms with Gasteiger partial charge in [0, 0.05) is 13.1 Å². The molecule has 1 aliphatic rings. The molecule has 4 amide bonds. The van der Waals surface area contributed by atoms with Crippen molar-refractivity contribution >= 4 is 35.6 Å². The van der Waals surface area contributed by atoms with Crippen molar-refractivity contribution in [2.75, 3.05) is 41.5 Å². The first-order valence-electron chi connectivity index (χ1n) is 13.6. The van der Waals surface area contributed by atoms with Gasteiger partial charge in [0.05, 0.1) is 41.3 Å². The Kier molecular flexibility index (Phi) is 12.1. The van der Waals surface area contributed by atoms with E-state index in [0.717, 1.165) is 35.1 Å². The van der Waals surface area contributed by atoms with Gasteiger partial charge in [-0.15, -0.1) is 0 Å². The Balaban J connectivity index is 1.78. The number of ether oxygens (including phenoxy) is 4. The molecule has 0 bridgehead atoms. The molecule has 1 aliphatic heterocycles. The van der Waals surface area contributed by atoms with Crippen molar-refractivity contribution in [3.05, 3.63) is 59.7 Å². The first-order valence-corrected chi connectivity index (χ1v) is 13.6. The average molecular weight is 613 g/mol. The second-order valence-electron chi connectivity index (χ2n) is 9.77. The lowest BCUT2D eigenvalue weighted by atomic mass is 9.99. The Hall–Kier alpha value is -5.14. The van der Waals surface area contributed by atoms with E-state index in [9.17, 15) is 28.8 Å². The number of carbonyl (C=O) groups is 6. The Morgan fingerprint density at radius 1 is 0.614 bits per heavy atom. The quantitative estimate of drug-likeness (QED) is 0.281. The minimum Gasteiger partial charge on any atom is -0.497 e. The molecular formula is C30H36N4O10. The summed E-state index contributed by atoms with van der Waals surface area (Å²) in [6, 6.07) is 11.0. The van der Waals surface area contributed by atoms with Gasteiger partial charge in [-0.25, -0.2) is 0 Å². The van der Waals surface area contributed by atoms with Crippen LogP contribution in [0.4, 0.5) is 0 Å². The van der Waals surface area contributed by atoms with Crippen LogP contribution in [-0.4, -0.2) is 99.0 Å². The zero-order valence-corrected chi connectivity index (χ0v) is 25.0. The van der Waals surface area contributed by atoms with Crippen molar-refractivity contribution < 1.29 is 47.7 Å². The van der Waals surface area contributed by atoms with Gasteiger partial charge in [-0.3, -0.25) is 28.8 Å². The van der Waals surface area contributed by atoms with Crippen molar-refractivity contribution in [3.63, 3.8) is 0 Å². The minimum absolute atomic E-state index is 0.118. The van der Waals surface area contributed by atoms with Crippen LogP contribution >= 0.6 is 0 Å². The first-order chi connectivity index (χ1) is 21.1. The number of rotatable bonds is 14. The zero-order valence-electron chi connectivity index (χ0n) is 25.0. The van der Waals surface area contributed by atoms with Gasteiger partial charge < -0.3 is 39.4 Å². The third-order valence-corrected chi connectivity index (χ3v) is 6.99. The maximum absolute atomic E-state index is 13.7. The normalized spacial score (nSPS) is 16.2. The van der Waals surface area contributed by atoms with E-state index in [0.29, 0.717) is 11.5 Å². The molecule has 0 saturated carbocycles. The Morgan fingerprint density at radius 3 is 1.25 bits per heavy atom. The van der Waals surface area contributed by atoms with Crippen molar-refractivity contribution in [1.29, 1.82) is 0 Å². The van der Waals surface area contributed by atoms with E-state index in [4.69, 9.17) is 18.9 Å². The smallest absolute Gasteiger partial charge is 0.308 e. The molecule has 0 aliphatic carbocycles. The Morgan fingerprint density at radius 2 is 0.955 bits per heavy atom. The van der Waals surface area contributed by atoms with Gasteiger partial charge >= 0.3 is 11.9 Å². The van der Waals surface area contributed by atoms with E-state index in [1.54, 1.807) is 48.5 Å². The SMILES string of the molecule is COC(=O)C[C@H]1C(=O)N(CC(=O)NCc2ccc(OC)cc2)[C@@H](CC(=O)OC)C(=O)N1CC(=O)NCc1ccc(OC)cc1. The van der Waals surface area contributed by atoms with Crippen LogP contribution < -0.4 is 20.1 Å². The summed E-state index contributed by atoms with van der Waals surface area (Å²) in [6.45, 7) is -0.936. The van der Waals surface area contributed by atoms with Gasteiger partial charge in [-0.05, 0) is 35.4 Å². The highest BCUT2D eigenvalue weighted by molar-refractivity contribution is 6.03. The molecule has 0 radical (unpaired) electrons. The second-order valence-corrected chi connectivity index (χ2v) is 9.77. The van der Waals surface area contributed by atoms with Crippen LogP contribution in [0.5, 0.6) is 11.5 Å². The monoisotopic (exact) mass is 612 g/mol. The Labute approximate surface area is 254 Å². The average Bonchev–Trinajstić information content (AvgIpc) is 3.04. The molecule has 2 aromatic rings. The third kappa shape index (κ3) is 8.93. The van der Waals surface area contributed by atoms with E-state index in [1.807, 2.05) is 0 Å². The molecule has 1 heterocycles. The maximum atomic E-state index is 13.7. The first kappa shape index (κ1) is 33.4. The minimum atomic E-state index is -1.45. The summed E-state index contributed by atoms with van der Waals surface area (Å²) in [5, 5.41) is 5.36. The number of piperazine rings is 1. The molecule has 0 aromatic heterocycles. The lowest BCUT2D eigenvalue weighted by Gasteiger charge is -2.43. The molecule has 1 fully saturated rings. The van der Waals surface area contributed by atoms with Crippen LogP contribution in [0.15, 0.2) is 48.5 Å². The van der Waals surface area contributed by atoms with Crippen LogP contribution in [0.2, 0.25) is 0 Å². The molecular weight excluding hydrogens is 576 g/mol. The lowest BCUT2D eigenvalue weighted by Crippen LogP contribution is -2.67. The highest BCUT2D eigenvalue weighted by Crippen LogP contribution is 2.24. The molecule has 0 spiro atoms. The third-order valence-electron chi connectivity index (χ3n) is 6.99. The van der Waals surface area contributed by atoms with Crippen LogP contribution in [0.25, 0.3) is 0 Å². The van der Waals surface area contributed by atoms with E-state index >= 15 is 0 Å². The van der Waals surface area contributed by atoms with Gasteiger partial charge in [0.25, 0.3) is 0 Å². The van der Waals surface area contributed by atoms with E-state index < -0.39 is 73.6 Å². The van der Waals surface area contributed by atoms with E-state index in [1.165, 1.54) is 14.2 Å². The highest BCUT2D eigenvalue weighted by atomic mass is 16.5. The number of benzene rings is 2. The standard InChI is InChI=1S/C30H36N4O10/c1-41-21-9-5-19(6-10-21)15-31-25(35)17-33-23(13-27(37)43-3)30(40)34(24(29(33)39)14-28(38)44-4)18-26(36)32-16-20-7-11-22(42-2)12-8-20/h5-12,23-24H,13-18H2,1-4H3,(H,31,35)(H,32,36)/t23-,24-/m0/s1. The van der Waals surface area contributed by atoms with Gasteiger partial charge in [-0.1, -0.05) is 24.3 Å². The number of hydrogen-bond acceptors (Lipinski definition) is 10. The molecule has 0 unspecified atom stereocenters. The largest absolute Gasteiger partial charge is 0.497 e. The fourth-order valence-corrected chi connectivity index (χ4v) is 4.52. The van der Waals surface area contributed by atoms with Crippen molar-refractivity contribution in [3.8, 4) is 11.5 Å². The van der Waals surface area contributed by atoms with E-state index in [-0.39, 0.29) is 13.1 Å². The summed E-state index contributed by atoms with van der Waals surface area (Å²) in [6.07, 6.45) is -1.14. The molecule has 3 rings (SSSR count). The molecule has 2 aromatic carbocycles. The van der Waals surface area contributed by atoms with Crippen LogP contribution in [0.1, 0.15) is 24.0 Å². The summed E-state index contributed by atoms with van der Waals surface area (Å²) >= 11 is 0. The molecule has 14 nitrogen and oxygen atoms in total.